The number of carbonyl (C=O) groups is 2. The topological polar surface area (TPSA) is 92.7 Å². The minimum atomic E-state index is -3.64. The summed E-state index contributed by atoms with van der Waals surface area (Å²) in [5.74, 6) is -1.77. The zero-order valence-electron chi connectivity index (χ0n) is 22.6. The third-order valence-corrected chi connectivity index (χ3v) is 8.07. The molecule has 0 saturated carbocycles. The molecule has 3 aromatic rings. The minimum Gasteiger partial charge on any atom is -0.458 e. The maximum absolute atomic E-state index is 13.3. The lowest BCUT2D eigenvalue weighted by atomic mass is 9.97. The molecule has 0 heterocycles. The van der Waals surface area contributed by atoms with Crippen molar-refractivity contribution < 1.29 is 23.8 Å². The lowest BCUT2D eigenvalue weighted by molar-refractivity contribution is -0.158. The number of carbonyl (C=O) groups excluding carboxylic acids is 2. The van der Waals surface area contributed by atoms with E-state index in [0.717, 1.165) is 22.3 Å². The van der Waals surface area contributed by atoms with E-state index in [0.29, 0.717) is 6.42 Å². The number of aryl methyl sites for hydroxylation is 1. The molecule has 0 spiro atoms. The molecular weight excluding hydrogens is 497 g/mol. The van der Waals surface area contributed by atoms with Gasteiger partial charge in [-0.05, 0) is 62.8 Å². The Bertz CT molecular complexity index is 1240. The first-order valence-corrected chi connectivity index (χ1v) is 15.0. The standard InChI is InChI=1S/C31H38NO5P/c1-23(30(34)37-31(2,3)4)32-29(33)28(22-38(35,36)20-19-24-11-7-5-8-12-24)21-25-15-17-27(18-16-25)26-13-9-6-10-14-26/h5-18,23,28H,19-22H2,1-4H3,(H,32,33)(H,35,36). The Kier molecular flexibility index (Phi) is 10.1. The molecule has 3 unspecified atom stereocenters. The van der Waals surface area contributed by atoms with Crippen LogP contribution in [0.15, 0.2) is 84.9 Å². The number of benzene rings is 3. The van der Waals surface area contributed by atoms with Gasteiger partial charge in [-0.15, -0.1) is 0 Å². The van der Waals surface area contributed by atoms with Crippen molar-refractivity contribution in [2.24, 2.45) is 5.92 Å². The van der Waals surface area contributed by atoms with Crippen LogP contribution in [0.25, 0.3) is 11.1 Å². The summed E-state index contributed by atoms with van der Waals surface area (Å²) >= 11 is 0. The van der Waals surface area contributed by atoms with Crippen LogP contribution in [0.4, 0.5) is 0 Å². The van der Waals surface area contributed by atoms with Crippen molar-refractivity contribution in [1.82, 2.24) is 5.32 Å². The van der Waals surface area contributed by atoms with Crippen LogP contribution < -0.4 is 5.32 Å². The van der Waals surface area contributed by atoms with E-state index in [1.807, 2.05) is 84.9 Å². The predicted octanol–water partition coefficient (Wildman–Crippen LogP) is 5.87. The average molecular weight is 536 g/mol. The number of ether oxygens (including phenoxy) is 1. The van der Waals surface area contributed by atoms with Gasteiger partial charge in [-0.1, -0.05) is 84.9 Å². The van der Waals surface area contributed by atoms with Gasteiger partial charge in [0.2, 0.25) is 13.3 Å². The summed E-state index contributed by atoms with van der Waals surface area (Å²) in [4.78, 5) is 36.6. The van der Waals surface area contributed by atoms with Crippen molar-refractivity contribution in [3.8, 4) is 11.1 Å². The Morgan fingerprint density at radius 2 is 1.42 bits per heavy atom. The maximum atomic E-state index is 13.3. The summed E-state index contributed by atoms with van der Waals surface area (Å²) in [6.45, 7) is 6.84. The first kappa shape index (κ1) is 29.3. The molecule has 0 radical (unpaired) electrons. The molecule has 1 amide bonds. The smallest absolute Gasteiger partial charge is 0.328 e. The molecule has 0 saturated heterocycles. The summed E-state index contributed by atoms with van der Waals surface area (Å²) in [6, 6.07) is 26.4. The van der Waals surface area contributed by atoms with Gasteiger partial charge in [-0.2, -0.15) is 0 Å². The Hall–Kier alpha value is -3.21. The van der Waals surface area contributed by atoms with Gasteiger partial charge in [0.25, 0.3) is 0 Å². The second kappa shape index (κ2) is 13.0. The maximum Gasteiger partial charge on any atom is 0.328 e. The van der Waals surface area contributed by atoms with E-state index in [1.54, 1.807) is 27.7 Å². The highest BCUT2D eigenvalue weighted by Gasteiger charge is 2.31. The number of nitrogens with one attached hydrogen (secondary N) is 1. The Morgan fingerprint density at radius 1 is 0.868 bits per heavy atom. The number of esters is 1. The van der Waals surface area contributed by atoms with Gasteiger partial charge < -0.3 is 14.9 Å². The summed E-state index contributed by atoms with van der Waals surface area (Å²) < 4.78 is 18.6. The van der Waals surface area contributed by atoms with E-state index in [2.05, 4.69) is 5.32 Å². The lowest BCUT2D eigenvalue weighted by Crippen LogP contribution is -2.45. The number of amides is 1. The Labute approximate surface area is 225 Å². The van der Waals surface area contributed by atoms with Gasteiger partial charge >= 0.3 is 5.97 Å². The molecule has 0 aromatic heterocycles. The fourth-order valence-corrected chi connectivity index (χ4v) is 5.93. The fraction of sp³-hybridized carbons (Fsp3) is 0.355. The van der Waals surface area contributed by atoms with E-state index < -0.39 is 36.8 Å². The first-order valence-electron chi connectivity index (χ1n) is 12.9. The third kappa shape index (κ3) is 9.59. The van der Waals surface area contributed by atoms with E-state index in [1.165, 1.54) is 0 Å². The van der Waals surface area contributed by atoms with Crippen LogP contribution in [0.5, 0.6) is 0 Å². The van der Waals surface area contributed by atoms with Crippen molar-refractivity contribution in [2.45, 2.75) is 52.2 Å². The van der Waals surface area contributed by atoms with Crippen molar-refractivity contribution in [3.63, 3.8) is 0 Å². The first-order chi connectivity index (χ1) is 17.9. The monoisotopic (exact) mass is 535 g/mol. The van der Waals surface area contributed by atoms with E-state index in [9.17, 15) is 19.0 Å². The molecule has 0 aliphatic heterocycles. The molecule has 0 aliphatic rings. The lowest BCUT2D eigenvalue weighted by Gasteiger charge is -2.25. The average Bonchev–Trinajstić information content (AvgIpc) is 2.87. The van der Waals surface area contributed by atoms with Crippen LogP contribution in [-0.2, 0) is 31.7 Å². The van der Waals surface area contributed by atoms with Crippen LogP contribution in [-0.4, -0.2) is 40.7 Å². The predicted molar refractivity (Wildman–Crippen MR) is 152 cm³/mol. The Balaban J connectivity index is 1.75. The van der Waals surface area contributed by atoms with Crippen LogP contribution in [0.3, 0.4) is 0 Å². The van der Waals surface area contributed by atoms with Gasteiger partial charge in [0.1, 0.15) is 11.6 Å². The summed E-state index contributed by atoms with van der Waals surface area (Å²) in [5, 5.41) is 2.71. The van der Waals surface area contributed by atoms with Crippen molar-refractivity contribution in [1.29, 1.82) is 0 Å². The Morgan fingerprint density at radius 3 is 2.00 bits per heavy atom. The highest BCUT2D eigenvalue weighted by Crippen LogP contribution is 2.43. The fourth-order valence-electron chi connectivity index (χ4n) is 4.15. The van der Waals surface area contributed by atoms with E-state index >= 15 is 0 Å². The van der Waals surface area contributed by atoms with Gasteiger partial charge in [0.05, 0.1) is 5.92 Å². The van der Waals surface area contributed by atoms with Crippen molar-refractivity contribution in [3.05, 3.63) is 96.1 Å². The molecule has 7 heteroatoms. The van der Waals surface area contributed by atoms with Gasteiger partial charge in [-0.25, -0.2) is 4.79 Å². The molecule has 3 rings (SSSR count). The normalized spacial score (nSPS) is 14.7. The molecule has 0 bridgehead atoms. The summed E-state index contributed by atoms with van der Waals surface area (Å²) in [7, 11) is -3.64. The molecule has 3 atom stereocenters. The molecule has 38 heavy (non-hydrogen) atoms. The highest BCUT2D eigenvalue weighted by molar-refractivity contribution is 7.58. The number of rotatable bonds is 11. The molecule has 202 valence electrons. The molecule has 0 fully saturated rings. The minimum absolute atomic E-state index is 0.0787. The van der Waals surface area contributed by atoms with Crippen LogP contribution in [0.2, 0.25) is 0 Å². The van der Waals surface area contributed by atoms with Gasteiger partial charge in [0.15, 0.2) is 0 Å². The highest BCUT2D eigenvalue weighted by atomic mass is 31.2. The van der Waals surface area contributed by atoms with E-state index in [4.69, 9.17) is 4.74 Å². The van der Waals surface area contributed by atoms with Crippen molar-refractivity contribution >= 4 is 19.2 Å². The quantitative estimate of drug-likeness (QED) is 0.237. The van der Waals surface area contributed by atoms with Gasteiger partial charge in [-0.3, -0.25) is 9.36 Å². The number of hydrogen-bond acceptors (Lipinski definition) is 4. The SMILES string of the molecule is CC(NC(=O)C(Cc1ccc(-c2ccccc2)cc1)CP(=O)(O)CCc1ccccc1)C(=O)OC(C)(C)C. The summed E-state index contributed by atoms with van der Waals surface area (Å²) in [5.41, 5.74) is 3.29. The second-order valence-electron chi connectivity index (χ2n) is 10.7. The molecule has 3 aromatic carbocycles. The van der Waals surface area contributed by atoms with Gasteiger partial charge in [0, 0.05) is 12.3 Å². The summed E-state index contributed by atoms with van der Waals surface area (Å²) in [6.07, 6.45) is 0.628. The third-order valence-electron chi connectivity index (χ3n) is 6.13. The number of hydrogen-bond donors (Lipinski definition) is 2. The zero-order chi connectivity index (χ0) is 27.8. The molecule has 0 aliphatic carbocycles. The molecule has 6 nitrogen and oxygen atoms in total. The van der Waals surface area contributed by atoms with E-state index in [-0.39, 0.29) is 18.7 Å². The molecular formula is C31H38NO5P. The largest absolute Gasteiger partial charge is 0.458 e. The molecule has 2 N–H and O–H groups in total. The van der Waals surface area contributed by atoms with Crippen LogP contribution in [0.1, 0.15) is 38.8 Å². The van der Waals surface area contributed by atoms with Crippen molar-refractivity contribution in [2.75, 3.05) is 12.3 Å². The van der Waals surface area contributed by atoms with Crippen LogP contribution in [0, 0.1) is 5.92 Å². The zero-order valence-corrected chi connectivity index (χ0v) is 23.5. The second-order valence-corrected chi connectivity index (χ2v) is 13.2. The van der Waals surface area contributed by atoms with Crippen LogP contribution >= 0.6 is 7.37 Å².